The van der Waals surface area contributed by atoms with Gasteiger partial charge >= 0.3 is 0 Å². The summed E-state index contributed by atoms with van der Waals surface area (Å²) in [6, 6.07) is 14.2. The van der Waals surface area contributed by atoms with E-state index in [0.717, 1.165) is 19.6 Å². The second-order valence-corrected chi connectivity index (χ2v) is 6.14. The molecule has 4 nitrogen and oxygen atoms in total. The van der Waals surface area contributed by atoms with Crippen molar-refractivity contribution in [3.8, 4) is 0 Å². The Bertz CT molecular complexity index is 668. The van der Waals surface area contributed by atoms with Crippen molar-refractivity contribution in [1.82, 2.24) is 15.2 Å². The number of amides is 1. The topological polar surface area (TPSA) is 45.2 Å². The van der Waals surface area contributed by atoms with E-state index in [0.29, 0.717) is 17.4 Å². The number of fused-ring (bicyclic) bond motifs is 1. The lowest BCUT2D eigenvalue weighted by Gasteiger charge is -2.28. The van der Waals surface area contributed by atoms with Crippen LogP contribution >= 0.6 is 24.8 Å². The number of pyridine rings is 1. The lowest BCUT2D eigenvalue weighted by Crippen LogP contribution is -2.34. The van der Waals surface area contributed by atoms with Gasteiger partial charge in [0.1, 0.15) is 0 Å². The maximum atomic E-state index is 12.9. The molecule has 6 heteroatoms. The standard InChI is InChI=1S/C18H19N3O.2ClH/c22-18(14-7-4-8-19-9-14)21-12-15-10-20-11-16(15)17(21)13-5-2-1-3-6-13;;/h1-9,15-17,20H,10-12H2;2*1H/t15-,16-,17-;;/m0../s1. The maximum absolute atomic E-state index is 12.9. The Balaban J connectivity index is 0.00000104. The number of aromatic nitrogens is 1. The summed E-state index contributed by atoms with van der Waals surface area (Å²) >= 11 is 0. The number of carbonyl (C=O) groups excluding carboxylic acids is 1. The normalized spacial score (nSPS) is 24.7. The van der Waals surface area contributed by atoms with Crippen molar-refractivity contribution in [1.29, 1.82) is 0 Å². The minimum atomic E-state index is 0. The average molecular weight is 366 g/mol. The van der Waals surface area contributed by atoms with Crippen LogP contribution < -0.4 is 5.32 Å². The molecular weight excluding hydrogens is 345 g/mol. The molecule has 0 radical (unpaired) electrons. The van der Waals surface area contributed by atoms with Gasteiger partial charge in [-0.2, -0.15) is 0 Å². The lowest BCUT2D eigenvalue weighted by molar-refractivity contribution is 0.0713. The Kier molecular flexibility index (Phi) is 6.21. The van der Waals surface area contributed by atoms with E-state index >= 15 is 0 Å². The first-order valence-electron chi connectivity index (χ1n) is 7.81. The molecule has 3 atom stereocenters. The fourth-order valence-electron chi connectivity index (χ4n) is 3.86. The molecule has 2 aliphatic heterocycles. The molecule has 0 aliphatic carbocycles. The van der Waals surface area contributed by atoms with Gasteiger partial charge in [0.2, 0.25) is 0 Å². The first-order valence-corrected chi connectivity index (χ1v) is 7.81. The van der Waals surface area contributed by atoms with Crippen molar-refractivity contribution in [3.05, 3.63) is 66.0 Å². The summed E-state index contributed by atoms with van der Waals surface area (Å²) in [6.07, 6.45) is 3.37. The zero-order valence-electron chi connectivity index (χ0n) is 13.2. The van der Waals surface area contributed by atoms with E-state index < -0.39 is 0 Å². The summed E-state index contributed by atoms with van der Waals surface area (Å²) in [7, 11) is 0. The molecule has 24 heavy (non-hydrogen) atoms. The monoisotopic (exact) mass is 365 g/mol. The van der Waals surface area contributed by atoms with Crippen LogP contribution in [0.5, 0.6) is 0 Å². The third kappa shape index (κ3) is 3.27. The Hall–Kier alpha value is -1.62. The van der Waals surface area contributed by atoms with E-state index in [1.807, 2.05) is 23.1 Å². The number of nitrogens with zero attached hydrogens (tertiary/aromatic N) is 2. The van der Waals surface area contributed by atoms with Gasteiger partial charge in [0.15, 0.2) is 0 Å². The van der Waals surface area contributed by atoms with Gasteiger partial charge in [-0.3, -0.25) is 9.78 Å². The molecule has 128 valence electrons. The first kappa shape index (κ1) is 18.7. The van der Waals surface area contributed by atoms with Crippen LogP contribution in [0.1, 0.15) is 22.0 Å². The lowest BCUT2D eigenvalue weighted by atomic mass is 9.89. The van der Waals surface area contributed by atoms with Crippen molar-refractivity contribution in [3.63, 3.8) is 0 Å². The van der Waals surface area contributed by atoms with Crippen LogP contribution in [-0.2, 0) is 0 Å². The Morgan fingerprint density at radius 3 is 2.58 bits per heavy atom. The van der Waals surface area contributed by atoms with Crippen LogP contribution in [0.2, 0.25) is 0 Å². The molecule has 0 saturated carbocycles. The summed E-state index contributed by atoms with van der Waals surface area (Å²) in [6.45, 7) is 2.82. The van der Waals surface area contributed by atoms with Gasteiger partial charge in [-0.05, 0) is 23.6 Å². The predicted molar refractivity (Wildman–Crippen MR) is 98.8 cm³/mol. The summed E-state index contributed by atoms with van der Waals surface area (Å²) in [4.78, 5) is 19.1. The van der Waals surface area contributed by atoms with E-state index in [4.69, 9.17) is 0 Å². The second-order valence-electron chi connectivity index (χ2n) is 6.14. The molecule has 3 heterocycles. The molecule has 0 unspecified atom stereocenters. The number of rotatable bonds is 2. The van der Waals surface area contributed by atoms with Gasteiger partial charge < -0.3 is 10.2 Å². The van der Waals surface area contributed by atoms with Crippen molar-refractivity contribution in [2.24, 2.45) is 11.8 Å². The zero-order chi connectivity index (χ0) is 14.9. The van der Waals surface area contributed by atoms with E-state index in [1.54, 1.807) is 12.4 Å². The third-order valence-corrected chi connectivity index (χ3v) is 4.88. The number of hydrogen-bond donors (Lipinski definition) is 1. The van der Waals surface area contributed by atoms with Crippen LogP contribution in [0.25, 0.3) is 0 Å². The average Bonchev–Trinajstić information content (AvgIpc) is 3.16. The molecule has 2 aromatic rings. The second kappa shape index (κ2) is 7.97. The molecule has 0 spiro atoms. The summed E-state index contributed by atoms with van der Waals surface area (Å²) in [5.74, 6) is 1.14. The summed E-state index contributed by atoms with van der Waals surface area (Å²) in [5.41, 5.74) is 1.91. The number of carbonyl (C=O) groups is 1. The van der Waals surface area contributed by atoms with Crippen molar-refractivity contribution in [2.45, 2.75) is 6.04 Å². The molecule has 1 aromatic carbocycles. The Morgan fingerprint density at radius 2 is 1.88 bits per heavy atom. The third-order valence-electron chi connectivity index (χ3n) is 4.88. The van der Waals surface area contributed by atoms with Crippen LogP contribution in [0, 0.1) is 11.8 Å². The van der Waals surface area contributed by atoms with Crippen molar-refractivity contribution >= 4 is 30.7 Å². The van der Waals surface area contributed by atoms with E-state index in [9.17, 15) is 4.79 Å². The molecule has 4 rings (SSSR count). The largest absolute Gasteiger partial charge is 0.331 e. The Labute approximate surface area is 154 Å². The molecule has 2 saturated heterocycles. The first-order chi connectivity index (χ1) is 10.8. The van der Waals surface area contributed by atoms with Crippen LogP contribution in [-0.4, -0.2) is 35.4 Å². The molecule has 1 amide bonds. The highest BCUT2D eigenvalue weighted by molar-refractivity contribution is 5.94. The summed E-state index contributed by atoms with van der Waals surface area (Å²) < 4.78 is 0. The number of halogens is 2. The molecular formula is C18H21Cl2N3O. The van der Waals surface area contributed by atoms with E-state index in [-0.39, 0.29) is 36.8 Å². The molecule has 0 bridgehead atoms. The van der Waals surface area contributed by atoms with Gasteiger partial charge in [0.25, 0.3) is 5.91 Å². The van der Waals surface area contributed by atoms with Crippen LogP contribution in [0.4, 0.5) is 0 Å². The molecule has 2 fully saturated rings. The van der Waals surface area contributed by atoms with Gasteiger partial charge in [0, 0.05) is 37.9 Å². The molecule has 1 aromatic heterocycles. The molecule has 1 N–H and O–H groups in total. The smallest absolute Gasteiger partial charge is 0.255 e. The SMILES string of the molecule is Cl.Cl.O=C(c1cccnc1)N1C[C@@H]2CNC[C@@H]2[C@@H]1c1ccccc1. The number of hydrogen-bond acceptors (Lipinski definition) is 3. The van der Waals surface area contributed by atoms with Gasteiger partial charge in [0.05, 0.1) is 11.6 Å². The highest BCUT2D eigenvalue weighted by Gasteiger charge is 2.46. The predicted octanol–water partition coefficient (Wildman–Crippen LogP) is 2.96. The van der Waals surface area contributed by atoms with Crippen LogP contribution in [0.15, 0.2) is 54.9 Å². The number of benzene rings is 1. The summed E-state index contributed by atoms with van der Waals surface area (Å²) in [5, 5.41) is 3.47. The van der Waals surface area contributed by atoms with Crippen molar-refractivity contribution in [2.75, 3.05) is 19.6 Å². The Morgan fingerprint density at radius 1 is 1.08 bits per heavy atom. The maximum Gasteiger partial charge on any atom is 0.255 e. The number of likely N-dealkylation sites (tertiary alicyclic amines) is 1. The fraction of sp³-hybridized carbons (Fsp3) is 0.333. The fourth-order valence-corrected chi connectivity index (χ4v) is 3.86. The molecule has 2 aliphatic rings. The quantitative estimate of drug-likeness (QED) is 0.889. The van der Waals surface area contributed by atoms with Gasteiger partial charge in [-0.25, -0.2) is 0 Å². The highest BCUT2D eigenvalue weighted by atomic mass is 35.5. The van der Waals surface area contributed by atoms with Crippen LogP contribution in [0.3, 0.4) is 0 Å². The van der Waals surface area contributed by atoms with E-state index in [2.05, 4.69) is 34.6 Å². The van der Waals surface area contributed by atoms with Gasteiger partial charge in [-0.15, -0.1) is 24.8 Å². The minimum absolute atomic E-state index is 0. The van der Waals surface area contributed by atoms with Gasteiger partial charge in [-0.1, -0.05) is 30.3 Å². The zero-order valence-corrected chi connectivity index (χ0v) is 14.8. The highest BCUT2D eigenvalue weighted by Crippen LogP contribution is 2.43. The minimum Gasteiger partial charge on any atom is -0.331 e. The number of nitrogens with one attached hydrogen (secondary N) is 1. The van der Waals surface area contributed by atoms with E-state index in [1.165, 1.54) is 5.56 Å². The van der Waals surface area contributed by atoms with Crippen molar-refractivity contribution < 1.29 is 4.79 Å².